The van der Waals surface area contributed by atoms with Crippen LogP contribution in [0, 0.1) is 5.82 Å². The quantitative estimate of drug-likeness (QED) is 0.840. The highest BCUT2D eigenvalue weighted by Crippen LogP contribution is 2.11. The van der Waals surface area contributed by atoms with Gasteiger partial charge >= 0.3 is 6.03 Å². The van der Waals surface area contributed by atoms with Crippen molar-refractivity contribution in [2.75, 3.05) is 12.4 Å². The number of hydrogen-bond acceptors (Lipinski definition) is 1. The Hall–Kier alpha value is -1.58. The van der Waals surface area contributed by atoms with E-state index in [4.69, 9.17) is 0 Å². The molecular formula is C12H17FN2O. The first-order chi connectivity index (χ1) is 7.54. The van der Waals surface area contributed by atoms with E-state index in [-0.39, 0.29) is 17.9 Å². The van der Waals surface area contributed by atoms with Crippen molar-refractivity contribution >= 4 is 11.7 Å². The van der Waals surface area contributed by atoms with Crippen LogP contribution < -0.4 is 5.32 Å². The number of anilines is 1. The van der Waals surface area contributed by atoms with E-state index >= 15 is 0 Å². The van der Waals surface area contributed by atoms with Gasteiger partial charge in [0.25, 0.3) is 0 Å². The maximum Gasteiger partial charge on any atom is 0.321 e. The summed E-state index contributed by atoms with van der Waals surface area (Å²) < 4.78 is 12.9. The van der Waals surface area contributed by atoms with Gasteiger partial charge in [-0.05, 0) is 31.5 Å². The van der Waals surface area contributed by atoms with Crippen LogP contribution in [-0.4, -0.2) is 24.0 Å². The van der Waals surface area contributed by atoms with Crippen LogP contribution in [-0.2, 0) is 0 Å². The minimum Gasteiger partial charge on any atom is -0.325 e. The number of nitrogens with one attached hydrogen (secondary N) is 1. The molecular weight excluding hydrogens is 207 g/mol. The van der Waals surface area contributed by atoms with Gasteiger partial charge in [0.05, 0.1) is 0 Å². The molecule has 4 heteroatoms. The van der Waals surface area contributed by atoms with Crippen LogP contribution in [0.2, 0.25) is 0 Å². The topological polar surface area (TPSA) is 32.3 Å². The zero-order valence-corrected chi connectivity index (χ0v) is 9.83. The molecule has 1 aromatic carbocycles. The molecule has 0 bridgehead atoms. The Kier molecular flexibility index (Phi) is 4.28. The van der Waals surface area contributed by atoms with Crippen LogP contribution in [0.4, 0.5) is 14.9 Å². The molecule has 0 aliphatic rings. The van der Waals surface area contributed by atoms with Gasteiger partial charge in [-0.2, -0.15) is 0 Å². The molecule has 0 radical (unpaired) electrons. The monoisotopic (exact) mass is 224 g/mol. The minimum absolute atomic E-state index is 0.161. The van der Waals surface area contributed by atoms with Crippen molar-refractivity contribution < 1.29 is 9.18 Å². The number of amides is 2. The van der Waals surface area contributed by atoms with Crippen molar-refractivity contribution in [3.8, 4) is 0 Å². The maximum absolute atomic E-state index is 12.9. The van der Waals surface area contributed by atoms with Crippen LogP contribution in [0.25, 0.3) is 0 Å². The molecule has 0 fully saturated rings. The van der Waals surface area contributed by atoms with Crippen molar-refractivity contribution in [2.24, 2.45) is 0 Å². The summed E-state index contributed by atoms with van der Waals surface area (Å²) in [7, 11) is 1.72. The number of rotatable bonds is 3. The van der Waals surface area contributed by atoms with Crippen LogP contribution in [0.1, 0.15) is 20.3 Å². The summed E-state index contributed by atoms with van der Waals surface area (Å²) in [5.74, 6) is -0.357. The first-order valence-electron chi connectivity index (χ1n) is 5.34. The fourth-order valence-corrected chi connectivity index (χ4v) is 1.25. The number of hydrogen-bond donors (Lipinski definition) is 1. The van der Waals surface area contributed by atoms with E-state index in [0.717, 1.165) is 6.42 Å². The molecule has 0 aliphatic heterocycles. The van der Waals surface area contributed by atoms with Crippen LogP contribution in [0.15, 0.2) is 24.3 Å². The third-order valence-corrected chi connectivity index (χ3v) is 2.65. The van der Waals surface area contributed by atoms with Crippen molar-refractivity contribution in [3.63, 3.8) is 0 Å². The SMILES string of the molecule is CCC(C)N(C)C(=O)Nc1cccc(F)c1. The lowest BCUT2D eigenvalue weighted by Crippen LogP contribution is -2.37. The average molecular weight is 224 g/mol. The highest BCUT2D eigenvalue weighted by atomic mass is 19.1. The number of carbonyl (C=O) groups excluding carboxylic acids is 1. The smallest absolute Gasteiger partial charge is 0.321 e. The highest BCUT2D eigenvalue weighted by Gasteiger charge is 2.13. The third kappa shape index (κ3) is 3.22. The van der Waals surface area contributed by atoms with E-state index in [1.807, 2.05) is 13.8 Å². The lowest BCUT2D eigenvalue weighted by molar-refractivity contribution is 0.206. The summed E-state index contributed by atoms with van der Waals surface area (Å²) in [6.07, 6.45) is 0.882. The van der Waals surface area contributed by atoms with Crippen molar-refractivity contribution in [2.45, 2.75) is 26.3 Å². The Morgan fingerprint density at radius 3 is 2.81 bits per heavy atom. The molecule has 0 aromatic heterocycles. The molecule has 16 heavy (non-hydrogen) atoms. The first-order valence-corrected chi connectivity index (χ1v) is 5.34. The summed E-state index contributed by atoms with van der Waals surface area (Å²) in [5.41, 5.74) is 0.472. The second-order valence-electron chi connectivity index (χ2n) is 3.81. The van der Waals surface area contributed by atoms with E-state index in [1.165, 1.54) is 12.1 Å². The zero-order chi connectivity index (χ0) is 12.1. The lowest BCUT2D eigenvalue weighted by Gasteiger charge is -2.24. The Bertz CT molecular complexity index is 368. The number of nitrogens with zero attached hydrogens (tertiary/aromatic N) is 1. The molecule has 2 amide bonds. The summed E-state index contributed by atoms with van der Waals surface area (Å²) >= 11 is 0. The van der Waals surface area contributed by atoms with Gasteiger partial charge in [-0.25, -0.2) is 9.18 Å². The lowest BCUT2D eigenvalue weighted by atomic mass is 10.2. The highest BCUT2D eigenvalue weighted by molar-refractivity contribution is 5.89. The Balaban J connectivity index is 2.64. The van der Waals surface area contributed by atoms with Gasteiger partial charge in [0, 0.05) is 18.8 Å². The second kappa shape index (κ2) is 5.49. The molecule has 1 atom stereocenters. The van der Waals surface area contributed by atoms with Gasteiger partial charge in [0.15, 0.2) is 0 Å². The minimum atomic E-state index is -0.357. The molecule has 1 N–H and O–H groups in total. The van der Waals surface area contributed by atoms with Gasteiger partial charge in [0.1, 0.15) is 5.82 Å². The summed E-state index contributed by atoms with van der Waals surface area (Å²) in [6.45, 7) is 3.97. The van der Waals surface area contributed by atoms with Gasteiger partial charge in [0.2, 0.25) is 0 Å². The number of benzene rings is 1. The van der Waals surface area contributed by atoms with E-state index in [2.05, 4.69) is 5.32 Å². The fourth-order valence-electron chi connectivity index (χ4n) is 1.25. The van der Waals surface area contributed by atoms with Crippen LogP contribution in [0.5, 0.6) is 0 Å². The summed E-state index contributed by atoms with van der Waals surface area (Å²) in [4.78, 5) is 13.3. The standard InChI is InChI=1S/C12H17FN2O/c1-4-9(2)15(3)12(16)14-11-7-5-6-10(13)8-11/h5-9H,4H2,1-3H3,(H,14,16). The van der Waals surface area contributed by atoms with Gasteiger partial charge in [-0.3, -0.25) is 0 Å². The molecule has 0 saturated heterocycles. The first kappa shape index (κ1) is 12.5. The number of halogens is 1. The molecule has 0 heterocycles. The fraction of sp³-hybridized carbons (Fsp3) is 0.417. The molecule has 1 aromatic rings. The third-order valence-electron chi connectivity index (χ3n) is 2.65. The molecule has 88 valence electrons. The van der Waals surface area contributed by atoms with E-state index in [1.54, 1.807) is 24.1 Å². The van der Waals surface area contributed by atoms with Crippen molar-refractivity contribution in [1.82, 2.24) is 4.90 Å². The molecule has 1 unspecified atom stereocenters. The van der Waals surface area contributed by atoms with E-state index < -0.39 is 0 Å². The van der Waals surface area contributed by atoms with E-state index in [0.29, 0.717) is 5.69 Å². The molecule has 0 saturated carbocycles. The Labute approximate surface area is 95.3 Å². The molecule has 0 aliphatic carbocycles. The molecule has 0 spiro atoms. The molecule has 3 nitrogen and oxygen atoms in total. The van der Waals surface area contributed by atoms with E-state index in [9.17, 15) is 9.18 Å². The second-order valence-corrected chi connectivity index (χ2v) is 3.81. The number of urea groups is 1. The number of carbonyl (C=O) groups is 1. The Morgan fingerprint density at radius 2 is 2.25 bits per heavy atom. The van der Waals surface area contributed by atoms with Crippen LogP contribution in [0.3, 0.4) is 0 Å². The predicted molar refractivity (Wildman–Crippen MR) is 62.9 cm³/mol. The summed E-state index contributed by atoms with van der Waals surface area (Å²) in [6, 6.07) is 5.80. The van der Waals surface area contributed by atoms with Crippen molar-refractivity contribution in [3.05, 3.63) is 30.1 Å². The Morgan fingerprint density at radius 1 is 1.56 bits per heavy atom. The summed E-state index contributed by atoms with van der Waals surface area (Å²) in [5, 5.41) is 2.64. The normalized spacial score (nSPS) is 12.0. The van der Waals surface area contributed by atoms with Crippen molar-refractivity contribution in [1.29, 1.82) is 0 Å². The van der Waals surface area contributed by atoms with Gasteiger partial charge < -0.3 is 10.2 Å². The largest absolute Gasteiger partial charge is 0.325 e. The molecule has 1 rings (SSSR count). The predicted octanol–water partition coefficient (Wildman–Crippen LogP) is 3.09. The zero-order valence-electron chi connectivity index (χ0n) is 9.83. The van der Waals surface area contributed by atoms with Crippen LogP contribution >= 0.6 is 0 Å². The maximum atomic E-state index is 12.9. The average Bonchev–Trinajstić information content (AvgIpc) is 2.27. The van der Waals surface area contributed by atoms with Gasteiger partial charge in [-0.15, -0.1) is 0 Å². The van der Waals surface area contributed by atoms with Gasteiger partial charge in [-0.1, -0.05) is 13.0 Å².